The van der Waals surface area contributed by atoms with Crippen LogP contribution >= 0.6 is 12.4 Å². The number of hydrogen-bond donors (Lipinski definition) is 1. The lowest BCUT2D eigenvalue weighted by Gasteiger charge is -2.24. The van der Waals surface area contributed by atoms with Crippen molar-refractivity contribution in [2.75, 3.05) is 33.4 Å². The highest BCUT2D eigenvalue weighted by Crippen LogP contribution is 2.16. The van der Waals surface area contributed by atoms with Crippen LogP contribution in [0.5, 0.6) is 0 Å². The second-order valence-corrected chi connectivity index (χ2v) is 5.23. The summed E-state index contributed by atoms with van der Waals surface area (Å²) in [6.45, 7) is 2.54. The first-order valence-electron chi connectivity index (χ1n) is 7.37. The van der Waals surface area contributed by atoms with E-state index in [1.807, 2.05) is 30.1 Å². The lowest BCUT2D eigenvalue weighted by molar-refractivity contribution is -0.136. The fraction of sp³-hybridized carbons (Fsp3) is 0.562. The molecule has 1 saturated heterocycles. The predicted molar refractivity (Wildman–Crippen MR) is 86.9 cm³/mol. The Kier molecular flexibility index (Phi) is 8.35. The first-order valence-corrected chi connectivity index (χ1v) is 7.37. The van der Waals surface area contributed by atoms with Gasteiger partial charge in [-0.2, -0.15) is 0 Å². The minimum Gasteiger partial charge on any atom is -0.371 e. The van der Waals surface area contributed by atoms with Gasteiger partial charge in [0.05, 0.1) is 6.61 Å². The summed E-state index contributed by atoms with van der Waals surface area (Å²) < 4.78 is 5.53. The van der Waals surface area contributed by atoms with Crippen molar-refractivity contribution in [2.24, 2.45) is 0 Å². The van der Waals surface area contributed by atoms with Crippen molar-refractivity contribution in [1.29, 1.82) is 0 Å². The maximum absolute atomic E-state index is 12.1. The summed E-state index contributed by atoms with van der Waals surface area (Å²) in [6, 6.07) is 10.5. The van der Waals surface area contributed by atoms with Gasteiger partial charge in [-0.1, -0.05) is 30.3 Å². The Hall–Kier alpha value is -1.10. The number of ether oxygens (including phenoxy) is 1. The molecule has 0 aromatic heterocycles. The smallest absolute Gasteiger partial charge is 0.248 e. The minimum atomic E-state index is 0. The highest BCUT2D eigenvalue weighted by Gasteiger charge is 2.27. The van der Waals surface area contributed by atoms with Crippen LogP contribution in [0.4, 0.5) is 0 Å². The number of hydrogen-bond acceptors (Lipinski definition) is 3. The largest absolute Gasteiger partial charge is 0.371 e. The normalized spacial score (nSPS) is 17.6. The van der Waals surface area contributed by atoms with Gasteiger partial charge in [0.2, 0.25) is 5.91 Å². The van der Waals surface area contributed by atoms with Gasteiger partial charge >= 0.3 is 0 Å². The number of carbonyl (C=O) groups is 1. The van der Waals surface area contributed by atoms with E-state index in [1.54, 1.807) is 0 Å². The number of nitrogens with zero attached hydrogens (tertiary/aromatic N) is 1. The number of halogens is 1. The molecule has 118 valence electrons. The van der Waals surface area contributed by atoms with Crippen LogP contribution in [0.25, 0.3) is 0 Å². The van der Waals surface area contributed by atoms with Crippen molar-refractivity contribution in [2.45, 2.75) is 25.3 Å². The molecule has 0 radical (unpaired) electrons. The van der Waals surface area contributed by atoms with Gasteiger partial charge in [0.15, 0.2) is 0 Å². The van der Waals surface area contributed by atoms with Crippen molar-refractivity contribution in [1.82, 2.24) is 10.2 Å². The van der Waals surface area contributed by atoms with E-state index in [0.29, 0.717) is 12.6 Å². The highest BCUT2D eigenvalue weighted by atomic mass is 35.5. The van der Waals surface area contributed by atoms with Crippen LogP contribution in [0.15, 0.2) is 30.3 Å². The molecule has 0 aliphatic carbocycles. The third kappa shape index (κ3) is 5.65. The van der Waals surface area contributed by atoms with Crippen molar-refractivity contribution in [3.8, 4) is 0 Å². The average molecular weight is 313 g/mol. The number of likely N-dealkylation sites (N-methyl/N-ethyl adjacent to an activating group) is 1. The molecule has 21 heavy (non-hydrogen) atoms. The van der Waals surface area contributed by atoms with Gasteiger partial charge in [0.25, 0.3) is 0 Å². The second-order valence-electron chi connectivity index (χ2n) is 5.23. The summed E-state index contributed by atoms with van der Waals surface area (Å²) in [5, 5.41) is 3.15. The van der Waals surface area contributed by atoms with Crippen molar-refractivity contribution < 1.29 is 9.53 Å². The third-order valence-corrected chi connectivity index (χ3v) is 3.74. The molecule has 1 fully saturated rings. The van der Waals surface area contributed by atoms with Gasteiger partial charge in [-0.3, -0.25) is 4.79 Å². The maximum Gasteiger partial charge on any atom is 0.248 e. The maximum atomic E-state index is 12.1. The summed E-state index contributed by atoms with van der Waals surface area (Å²) in [5.74, 6) is 0.121. The summed E-state index contributed by atoms with van der Waals surface area (Å²) in [5.41, 5.74) is 1.24. The first-order chi connectivity index (χ1) is 9.81. The van der Waals surface area contributed by atoms with Gasteiger partial charge in [0.1, 0.15) is 6.61 Å². The number of nitrogens with one attached hydrogen (secondary N) is 1. The average Bonchev–Trinajstić information content (AvgIpc) is 2.93. The van der Waals surface area contributed by atoms with Crippen LogP contribution < -0.4 is 5.32 Å². The van der Waals surface area contributed by atoms with Gasteiger partial charge in [-0.05, 0) is 31.9 Å². The molecule has 1 N–H and O–H groups in total. The summed E-state index contributed by atoms with van der Waals surface area (Å²) in [6.07, 6.45) is 3.05. The number of benzene rings is 1. The van der Waals surface area contributed by atoms with Crippen LogP contribution in [-0.2, 0) is 16.0 Å². The fourth-order valence-electron chi connectivity index (χ4n) is 2.69. The van der Waals surface area contributed by atoms with Crippen LogP contribution in [0.1, 0.15) is 18.4 Å². The molecule has 1 unspecified atom stereocenters. The molecule has 0 saturated carbocycles. The Labute approximate surface area is 133 Å². The Balaban J connectivity index is 0.00000220. The van der Waals surface area contributed by atoms with Crippen LogP contribution in [0.3, 0.4) is 0 Å². The van der Waals surface area contributed by atoms with E-state index in [-0.39, 0.29) is 24.9 Å². The Bertz CT molecular complexity index is 414. The molecule has 1 heterocycles. The second kappa shape index (κ2) is 9.77. The molecule has 0 spiro atoms. The first kappa shape index (κ1) is 18.0. The molecule has 4 nitrogen and oxygen atoms in total. The predicted octanol–water partition coefficient (Wildman–Crippen LogP) is 1.88. The third-order valence-electron chi connectivity index (χ3n) is 3.74. The lowest BCUT2D eigenvalue weighted by atomic mass is 10.2. The van der Waals surface area contributed by atoms with Gasteiger partial charge in [0, 0.05) is 19.1 Å². The van der Waals surface area contributed by atoms with E-state index in [9.17, 15) is 4.79 Å². The highest BCUT2D eigenvalue weighted by molar-refractivity contribution is 5.85. The van der Waals surface area contributed by atoms with E-state index in [4.69, 9.17) is 4.74 Å². The fourth-order valence-corrected chi connectivity index (χ4v) is 2.69. The summed E-state index contributed by atoms with van der Waals surface area (Å²) in [4.78, 5) is 14.1. The number of amides is 1. The van der Waals surface area contributed by atoms with Crippen molar-refractivity contribution in [3.63, 3.8) is 0 Å². The molecule has 1 aromatic rings. The molecule has 1 atom stereocenters. The molecular weight excluding hydrogens is 288 g/mol. The van der Waals surface area contributed by atoms with Crippen LogP contribution in [0.2, 0.25) is 0 Å². The number of likely N-dealkylation sites (tertiary alicyclic amines) is 1. The van der Waals surface area contributed by atoms with E-state index in [1.165, 1.54) is 5.56 Å². The topological polar surface area (TPSA) is 41.6 Å². The Morgan fingerprint density at radius 3 is 2.86 bits per heavy atom. The quantitative estimate of drug-likeness (QED) is 0.782. The molecule has 1 amide bonds. The van der Waals surface area contributed by atoms with Gasteiger partial charge in [-0.25, -0.2) is 0 Å². The van der Waals surface area contributed by atoms with Crippen LogP contribution in [0, 0.1) is 0 Å². The van der Waals surface area contributed by atoms with E-state index in [2.05, 4.69) is 17.4 Å². The van der Waals surface area contributed by atoms with Crippen molar-refractivity contribution in [3.05, 3.63) is 35.9 Å². The Morgan fingerprint density at radius 2 is 2.14 bits per heavy atom. The zero-order valence-electron chi connectivity index (χ0n) is 12.6. The van der Waals surface area contributed by atoms with Crippen LogP contribution in [-0.4, -0.2) is 50.2 Å². The molecule has 5 heteroatoms. The number of rotatable bonds is 7. The molecule has 1 aliphatic heterocycles. The van der Waals surface area contributed by atoms with E-state index in [0.717, 1.165) is 32.4 Å². The zero-order chi connectivity index (χ0) is 14.2. The van der Waals surface area contributed by atoms with Gasteiger partial charge in [-0.15, -0.1) is 12.4 Å². The summed E-state index contributed by atoms with van der Waals surface area (Å²) in [7, 11) is 1.93. The monoisotopic (exact) mass is 312 g/mol. The Morgan fingerprint density at radius 1 is 1.38 bits per heavy atom. The standard InChI is InChI=1S/C16H24N2O2.ClH/c1-17-12-15-8-5-10-18(15)16(19)13-20-11-9-14-6-3-2-4-7-14;/h2-4,6-7,15,17H,5,8-13H2,1H3;1H. The molecular formula is C16H25ClN2O2. The lowest BCUT2D eigenvalue weighted by Crippen LogP contribution is -2.42. The van der Waals surface area contributed by atoms with Gasteiger partial charge < -0.3 is 15.0 Å². The van der Waals surface area contributed by atoms with E-state index < -0.39 is 0 Å². The minimum absolute atomic E-state index is 0. The zero-order valence-corrected chi connectivity index (χ0v) is 13.4. The molecule has 1 aliphatic rings. The SMILES string of the molecule is CNCC1CCCN1C(=O)COCCc1ccccc1.Cl. The molecule has 2 rings (SSSR count). The molecule has 1 aromatic carbocycles. The molecule has 0 bridgehead atoms. The van der Waals surface area contributed by atoms with E-state index >= 15 is 0 Å². The summed E-state index contributed by atoms with van der Waals surface area (Å²) >= 11 is 0. The van der Waals surface area contributed by atoms with Crippen molar-refractivity contribution >= 4 is 18.3 Å². The number of carbonyl (C=O) groups excluding carboxylic acids is 1.